The Morgan fingerprint density at radius 3 is 2.71 bits per heavy atom. The molecule has 1 N–H and O–H groups in total. The highest BCUT2D eigenvalue weighted by Gasteiger charge is 2.45. The second-order valence-corrected chi connectivity index (χ2v) is 8.13. The number of carbonyl (C=O) groups is 1. The van der Waals surface area contributed by atoms with Crippen LogP contribution in [0.2, 0.25) is 0 Å². The van der Waals surface area contributed by atoms with Gasteiger partial charge in [0.2, 0.25) is 10.0 Å². The first kappa shape index (κ1) is 16.7. The molecule has 0 spiro atoms. The van der Waals surface area contributed by atoms with Gasteiger partial charge in [0.1, 0.15) is 0 Å². The van der Waals surface area contributed by atoms with Gasteiger partial charge in [-0.05, 0) is 32.4 Å². The Labute approximate surface area is 138 Å². The van der Waals surface area contributed by atoms with Crippen LogP contribution in [0.5, 0.6) is 0 Å². The molecule has 1 fully saturated rings. The first-order valence-electron chi connectivity index (χ1n) is 7.56. The van der Waals surface area contributed by atoms with E-state index in [1.54, 1.807) is 6.92 Å². The Hall–Kier alpha value is -2.13. The van der Waals surface area contributed by atoms with Crippen molar-refractivity contribution in [1.82, 2.24) is 8.87 Å². The maximum absolute atomic E-state index is 12.8. The van der Waals surface area contributed by atoms with Gasteiger partial charge >= 0.3 is 11.7 Å². The van der Waals surface area contributed by atoms with E-state index in [9.17, 15) is 23.1 Å². The van der Waals surface area contributed by atoms with E-state index in [0.717, 1.165) is 4.31 Å². The summed E-state index contributed by atoms with van der Waals surface area (Å²) in [6.45, 7) is 3.80. The van der Waals surface area contributed by atoms with Crippen LogP contribution in [0.25, 0.3) is 11.1 Å². The molecule has 2 heterocycles. The Morgan fingerprint density at radius 2 is 2.12 bits per heavy atom. The van der Waals surface area contributed by atoms with E-state index in [2.05, 4.69) is 0 Å². The van der Waals surface area contributed by atoms with Gasteiger partial charge in [0.25, 0.3) is 0 Å². The SMILES string of the molecule is CCn1c(=O)oc2cc(S(=O)(=O)N3CCC(C)(C(=O)O)C3)ccc21. The molecule has 1 aromatic heterocycles. The molecule has 0 amide bonds. The van der Waals surface area contributed by atoms with Crippen LogP contribution < -0.4 is 5.76 Å². The van der Waals surface area contributed by atoms with E-state index >= 15 is 0 Å². The zero-order chi connectivity index (χ0) is 17.7. The number of carboxylic acids is 1. The number of aromatic nitrogens is 1. The van der Waals surface area contributed by atoms with E-state index < -0.39 is 27.2 Å². The van der Waals surface area contributed by atoms with E-state index in [-0.39, 0.29) is 30.0 Å². The highest BCUT2D eigenvalue weighted by molar-refractivity contribution is 7.89. The number of benzene rings is 1. The Balaban J connectivity index is 2.00. The van der Waals surface area contributed by atoms with Crippen LogP contribution in [0.3, 0.4) is 0 Å². The van der Waals surface area contributed by atoms with Gasteiger partial charge in [0.05, 0.1) is 15.8 Å². The van der Waals surface area contributed by atoms with Crippen molar-refractivity contribution in [2.24, 2.45) is 5.41 Å². The molecule has 1 saturated heterocycles. The summed E-state index contributed by atoms with van der Waals surface area (Å²) in [5.74, 6) is -1.55. The molecule has 0 aliphatic carbocycles. The van der Waals surface area contributed by atoms with Gasteiger partial charge < -0.3 is 9.52 Å². The van der Waals surface area contributed by atoms with Crippen molar-refractivity contribution in [3.05, 3.63) is 28.7 Å². The van der Waals surface area contributed by atoms with Gasteiger partial charge in [-0.3, -0.25) is 9.36 Å². The van der Waals surface area contributed by atoms with Crippen molar-refractivity contribution in [2.45, 2.75) is 31.7 Å². The number of aryl methyl sites for hydroxylation is 1. The van der Waals surface area contributed by atoms with Gasteiger partial charge in [-0.25, -0.2) is 13.2 Å². The molecule has 9 heteroatoms. The smallest absolute Gasteiger partial charge is 0.419 e. The maximum atomic E-state index is 12.8. The number of hydrogen-bond acceptors (Lipinski definition) is 5. The van der Waals surface area contributed by atoms with Gasteiger partial charge in [0, 0.05) is 25.7 Å². The Bertz CT molecular complexity index is 974. The molecule has 1 aromatic carbocycles. The number of rotatable bonds is 4. The topological polar surface area (TPSA) is 110 Å². The van der Waals surface area contributed by atoms with Crippen molar-refractivity contribution in [3.63, 3.8) is 0 Å². The summed E-state index contributed by atoms with van der Waals surface area (Å²) in [4.78, 5) is 23.0. The maximum Gasteiger partial charge on any atom is 0.419 e. The standard InChI is InChI=1S/C15H18N2O6S/c1-3-17-11-5-4-10(8-12(11)23-14(17)20)24(21,22)16-7-6-15(2,9-16)13(18)19/h4-5,8H,3,6-7,9H2,1-2H3,(H,18,19). The lowest BCUT2D eigenvalue weighted by molar-refractivity contribution is -0.146. The summed E-state index contributed by atoms with van der Waals surface area (Å²) < 4.78 is 33.2. The third-order valence-electron chi connectivity index (χ3n) is 4.55. The van der Waals surface area contributed by atoms with Crippen molar-refractivity contribution >= 4 is 27.1 Å². The first-order chi connectivity index (χ1) is 11.2. The fourth-order valence-corrected chi connectivity index (χ4v) is 4.53. The minimum Gasteiger partial charge on any atom is -0.481 e. The van der Waals surface area contributed by atoms with E-state index in [4.69, 9.17) is 4.42 Å². The fourth-order valence-electron chi connectivity index (χ4n) is 2.95. The first-order valence-corrected chi connectivity index (χ1v) is 9.00. The van der Waals surface area contributed by atoms with E-state index in [1.165, 1.54) is 29.7 Å². The molecule has 1 unspecified atom stereocenters. The quantitative estimate of drug-likeness (QED) is 0.880. The lowest BCUT2D eigenvalue weighted by Crippen LogP contribution is -2.34. The molecule has 2 aromatic rings. The van der Waals surface area contributed by atoms with Crippen molar-refractivity contribution in [1.29, 1.82) is 0 Å². The second kappa shape index (κ2) is 5.45. The normalized spacial score (nSPS) is 22.2. The molecule has 130 valence electrons. The number of aliphatic carboxylic acids is 1. The van der Waals surface area contributed by atoms with E-state index in [1.807, 2.05) is 0 Å². The highest BCUT2D eigenvalue weighted by atomic mass is 32.2. The van der Waals surface area contributed by atoms with Gasteiger partial charge in [-0.15, -0.1) is 0 Å². The van der Waals surface area contributed by atoms with Crippen LogP contribution in [0.15, 0.2) is 32.3 Å². The van der Waals surface area contributed by atoms with Crippen molar-refractivity contribution in [3.8, 4) is 0 Å². The van der Waals surface area contributed by atoms with Crippen molar-refractivity contribution < 1.29 is 22.7 Å². The lowest BCUT2D eigenvalue weighted by atomic mass is 9.90. The number of fused-ring (bicyclic) bond motifs is 1. The molecular formula is C15H18N2O6S. The molecule has 1 aliphatic heterocycles. The number of nitrogens with zero attached hydrogens (tertiary/aromatic N) is 2. The largest absolute Gasteiger partial charge is 0.481 e. The molecule has 1 aliphatic rings. The van der Waals surface area contributed by atoms with E-state index in [0.29, 0.717) is 12.1 Å². The summed E-state index contributed by atoms with van der Waals surface area (Å²) in [5.41, 5.74) is -0.365. The molecule has 0 bridgehead atoms. The Morgan fingerprint density at radius 1 is 1.42 bits per heavy atom. The summed E-state index contributed by atoms with van der Waals surface area (Å²) in [6.07, 6.45) is 0.255. The number of carboxylic acid groups (broad SMARTS) is 1. The molecule has 1 atom stereocenters. The summed E-state index contributed by atoms with van der Waals surface area (Å²) in [5, 5.41) is 9.25. The summed E-state index contributed by atoms with van der Waals surface area (Å²) in [6, 6.07) is 4.26. The number of oxazole rings is 1. The molecule has 24 heavy (non-hydrogen) atoms. The monoisotopic (exact) mass is 354 g/mol. The number of sulfonamides is 1. The molecule has 0 saturated carbocycles. The van der Waals surface area contributed by atoms with Gasteiger partial charge in [0.15, 0.2) is 5.58 Å². The van der Waals surface area contributed by atoms with Crippen LogP contribution in [0, 0.1) is 5.41 Å². The fraction of sp³-hybridized carbons (Fsp3) is 0.467. The van der Waals surface area contributed by atoms with Crippen LogP contribution in [-0.4, -0.2) is 41.5 Å². The molecule has 3 rings (SSSR count). The molecular weight excluding hydrogens is 336 g/mol. The number of hydrogen-bond donors (Lipinski definition) is 1. The average molecular weight is 354 g/mol. The Kier molecular flexibility index (Phi) is 3.80. The zero-order valence-electron chi connectivity index (χ0n) is 13.4. The van der Waals surface area contributed by atoms with Crippen LogP contribution in [0.1, 0.15) is 20.3 Å². The molecule has 0 radical (unpaired) electrons. The van der Waals surface area contributed by atoms with Gasteiger partial charge in [-0.2, -0.15) is 4.31 Å². The molecule has 8 nitrogen and oxygen atoms in total. The van der Waals surface area contributed by atoms with Crippen LogP contribution >= 0.6 is 0 Å². The highest BCUT2D eigenvalue weighted by Crippen LogP contribution is 2.34. The van der Waals surface area contributed by atoms with Crippen molar-refractivity contribution in [2.75, 3.05) is 13.1 Å². The van der Waals surface area contributed by atoms with Crippen LogP contribution in [0.4, 0.5) is 0 Å². The lowest BCUT2D eigenvalue weighted by Gasteiger charge is -2.20. The van der Waals surface area contributed by atoms with Gasteiger partial charge in [-0.1, -0.05) is 0 Å². The second-order valence-electron chi connectivity index (χ2n) is 6.20. The third kappa shape index (κ3) is 2.44. The minimum absolute atomic E-state index is 0.0124. The van der Waals surface area contributed by atoms with Crippen LogP contribution in [-0.2, 0) is 21.4 Å². The minimum atomic E-state index is -3.85. The summed E-state index contributed by atoms with van der Waals surface area (Å²) in [7, 11) is -3.85. The predicted molar refractivity (Wildman–Crippen MR) is 85.3 cm³/mol. The predicted octanol–water partition coefficient (Wildman–Crippen LogP) is 1.10. The zero-order valence-corrected chi connectivity index (χ0v) is 14.2. The summed E-state index contributed by atoms with van der Waals surface area (Å²) >= 11 is 0. The average Bonchev–Trinajstić information content (AvgIpc) is 3.07. The third-order valence-corrected chi connectivity index (χ3v) is 6.39.